The molecule has 7 heteroatoms. The van der Waals surface area contributed by atoms with Crippen LogP contribution >= 0.6 is 0 Å². The number of carbonyl (C=O) groups is 1. The molecule has 0 saturated heterocycles. The maximum Gasteiger partial charge on any atom is 0.269 e. The molecular formula is C15H23N5O2. The lowest BCUT2D eigenvalue weighted by Crippen LogP contribution is -2.41. The molecule has 0 bridgehead atoms. The number of aliphatic hydroxyl groups excluding tert-OH is 1. The fourth-order valence-corrected chi connectivity index (χ4v) is 2.38. The van der Waals surface area contributed by atoms with Gasteiger partial charge in [0, 0.05) is 18.3 Å². The SMILES string of the molecule is Cc1nn(C)c(C)c1-c1cc(C(=O)N[C@H](CO)C(C)C)[nH]n1. The normalized spacial score (nSPS) is 12.7. The fraction of sp³-hybridized carbons (Fsp3) is 0.533. The highest BCUT2D eigenvalue weighted by Gasteiger charge is 2.20. The third-order valence-corrected chi connectivity index (χ3v) is 3.91. The summed E-state index contributed by atoms with van der Waals surface area (Å²) in [6, 6.07) is 1.43. The summed E-state index contributed by atoms with van der Waals surface area (Å²) in [6.45, 7) is 7.68. The molecule has 22 heavy (non-hydrogen) atoms. The molecule has 2 rings (SSSR count). The Labute approximate surface area is 129 Å². The second-order valence-corrected chi connectivity index (χ2v) is 5.84. The summed E-state index contributed by atoms with van der Waals surface area (Å²) in [5.74, 6) is -0.121. The highest BCUT2D eigenvalue weighted by Crippen LogP contribution is 2.25. The lowest BCUT2D eigenvalue weighted by molar-refractivity contribution is 0.0892. The van der Waals surface area contributed by atoms with Crippen molar-refractivity contribution in [2.45, 2.75) is 33.7 Å². The van der Waals surface area contributed by atoms with Gasteiger partial charge in [0.2, 0.25) is 0 Å². The Balaban J connectivity index is 2.23. The summed E-state index contributed by atoms with van der Waals surface area (Å²) < 4.78 is 1.79. The Hall–Kier alpha value is -2.15. The Morgan fingerprint density at radius 3 is 2.64 bits per heavy atom. The van der Waals surface area contributed by atoms with Crippen LogP contribution < -0.4 is 5.32 Å². The molecule has 0 radical (unpaired) electrons. The van der Waals surface area contributed by atoms with Crippen LogP contribution in [-0.2, 0) is 7.05 Å². The average molecular weight is 305 g/mol. The van der Waals surface area contributed by atoms with Crippen LogP contribution in [0.1, 0.15) is 35.7 Å². The van der Waals surface area contributed by atoms with Crippen molar-refractivity contribution < 1.29 is 9.90 Å². The molecule has 2 aromatic rings. The van der Waals surface area contributed by atoms with E-state index in [-0.39, 0.29) is 24.5 Å². The standard InChI is InChI=1S/C15H23N5O2/c1-8(2)13(7-21)16-15(22)12-6-11(17-18-12)14-9(3)19-20(5)10(14)4/h6,8,13,21H,7H2,1-5H3,(H,16,22)(H,17,18)/t13-/m1/s1. The van der Waals surface area contributed by atoms with Gasteiger partial charge in [-0.05, 0) is 25.8 Å². The number of aryl methyl sites for hydroxylation is 2. The number of hydrogen-bond donors (Lipinski definition) is 3. The lowest BCUT2D eigenvalue weighted by Gasteiger charge is -2.19. The Bertz CT molecular complexity index is 672. The molecule has 3 N–H and O–H groups in total. The van der Waals surface area contributed by atoms with Crippen molar-refractivity contribution in [3.05, 3.63) is 23.1 Å². The summed E-state index contributed by atoms with van der Waals surface area (Å²) in [7, 11) is 1.88. The zero-order chi connectivity index (χ0) is 16.4. The Morgan fingerprint density at radius 1 is 1.45 bits per heavy atom. The molecule has 0 aromatic carbocycles. The maximum absolute atomic E-state index is 12.2. The molecule has 1 atom stereocenters. The summed E-state index contributed by atoms with van der Waals surface area (Å²) in [4.78, 5) is 12.2. The van der Waals surface area contributed by atoms with Crippen molar-refractivity contribution in [1.29, 1.82) is 0 Å². The number of hydrogen-bond acceptors (Lipinski definition) is 4. The number of amides is 1. The fourth-order valence-electron chi connectivity index (χ4n) is 2.38. The zero-order valence-corrected chi connectivity index (χ0v) is 13.6. The molecule has 7 nitrogen and oxygen atoms in total. The molecule has 2 heterocycles. The van der Waals surface area contributed by atoms with Crippen LogP contribution in [0.2, 0.25) is 0 Å². The van der Waals surface area contributed by atoms with Crippen LogP contribution in [0, 0.1) is 19.8 Å². The number of nitrogens with zero attached hydrogens (tertiary/aromatic N) is 3. The minimum absolute atomic E-state index is 0.0920. The van der Waals surface area contributed by atoms with E-state index in [0.717, 1.165) is 17.0 Å². The van der Waals surface area contributed by atoms with Crippen LogP contribution in [-0.4, -0.2) is 43.6 Å². The van der Waals surface area contributed by atoms with E-state index < -0.39 is 0 Å². The van der Waals surface area contributed by atoms with Crippen LogP contribution in [0.25, 0.3) is 11.3 Å². The third-order valence-electron chi connectivity index (χ3n) is 3.91. The summed E-state index contributed by atoms with van der Waals surface area (Å²) in [5.41, 5.74) is 3.86. The van der Waals surface area contributed by atoms with E-state index in [1.165, 1.54) is 0 Å². The first-order chi connectivity index (χ1) is 10.3. The van der Waals surface area contributed by atoms with Gasteiger partial charge in [-0.15, -0.1) is 0 Å². The van der Waals surface area contributed by atoms with Crippen molar-refractivity contribution in [2.75, 3.05) is 6.61 Å². The Kier molecular flexibility index (Phi) is 4.65. The molecule has 0 aliphatic carbocycles. The van der Waals surface area contributed by atoms with Gasteiger partial charge < -0.3 is 10.4 Å². The van der Waals surface area contributed by atoms with Crippen LogP contribution in [0.4, 0.5) is 0 Å². The lowest BCUT2D eigenvalue weighted by atomic mass is 10.1. The second kappa shape index (κ2) is 6.31. The number of aliphatic hydroxyl groups is 1. The van der Waals surface area contributed by atoms with Gasteiger partial charge in [-0.2, -0.15) is 10.2 Å². The van der Waals surface area contributed by atoms with Crippen LogP contribution in [0.15, 0.2) is 6.07 Å². The smallest absolute Gasteiger partial charge is 0.269 e. The monoisotopic (exact) mass is 305 g/mol. The number of aromatic nitrogens is 4. The van der Waals surface area contributed by atoms with Gasteiger partial charge in [-0.3, -0.25) is 14.6 Å². The Morgan fingerprint density at radius 2 is 2.14 bits per heavy atom. The number of rotatable bonds is 5. The molecule has 0 unspecified atom stereocenters. The van der Waals surface area contributed by atoms with Gasteiger partial charge in [0.15, 0.2) is 0 Å². The molecule has 0 aliphatic heterocycles. The van der Waals surface area contributed by atoms with Gasteiger partial charge in [0.05, 0.1) is 24.0 Å². The molecule has 1 amide bonds. The summed E-state index contributed by atoms with van der Waals surface area (Å²) in [6.07, 6.45) is 0. The molecule has 0 spiro atoms. The van der Waals surface area contributed by atoms with Gasteiger partial charge in [0.1, 0.15) is 5.69 Å². The number of aromatic amines is 1. The first-order valence-corrected chi connectivity index (χ1v) is 7.32. The van der Waals surface area contributed by atoms with Crippen molar-refractivity contribution in [1.82, 2.24) is 25.3 Å². The largest absolute Gasteiger partial charge is 0.394 e. The predicted molar refractivity (Wildman–Crippen MR) is 83.4 cm³/mol. The van der Waals surface area contributed by atoms with Gasteiger partial charge >= 0.3 is 0 Å². The van der Waals surface area contributed by atoms with E-state index in [0.29, 0.717) is 11.4 Å². The first kappa shape index (κ1) is 16.2. The van der Waals surface area contributed by atoms with Crippen molar-refractivity contribution in [3.8, 4) is 11.3 Å². The molecule has 0 saturated carbocycles. The zero-order valence-electron chi connectivity index (χ0n) is 13.6. The molecule has 0 fully saturated rings. The second-order valence-electron chi connectivity index (χ2n) is 5.84. The van der Waals surface area contributed by atoms with Crippen molar-refractivity contribution in [2.24, 2.45) is 13.0 Å². The van der Waals surface area contributed by atoms with Crippen molar-refractivity contribution in [3.63, 3.8) is 0 Å². The topological polar surface area (TPSA) is 95.8 Å². The third kappa shape index (κ3) is 3.04. The van der Waals surface area contributed by atoms with E-state index in [9.17, 15) is 9.90 Å². The van der Waals surface area contributed by atoms with E-state index in [2.05, 4.69) is 20.6 Å². The van der Waals surface area contributed by atoms with Crippen molar-refractivity contribution >= 4 is 5.91 Å². The number of H-pyrrole nitrogens is 1. The van der Waals surface area contributed by atoms with Gasteiger partial charge in [-0.25, -0.2) is 0 Å². The summed E-state index contributed by atoms with van der Waals surface area (Å²) in [5, 5.41) is 23.4. The van der Waals surface area contributed by atoms with E-state index >= 15 is 0 Å². The predicted octanol–water partition coefficient (Wildman–Crippen LogP) is 1.17. The van der Waals surface area contributed by atoms with Gasteiger partial charge in [0.25, 0.3) is 5.91 Å². The quantitative estimate of drug-likeness (QED) is 0.772. The van der Waals surface area contributed by atoms with Gasteiger partial charge in [-0.1, -0.05) is 13.8 Å². The van der Waals surface area contributed by atoms with E-state index in [1.54, 1.807) is 10.7 Å². The molecular weight excluding hydrogens is 282 g/mol. The highest BCUT2D eigenvalue weighted by molar-refractivity contribution is 5.93. The van der Waals surface area contributed by atoms with Crippen LogP contribution in [0.5, 0.6) is 0 Å². The number of carbonyl (C=O) groups excluding carboxylic acids is 1. The maximum atomic E-state index is 12.2. The molecule has 2 aromatic heterocycles. The molecule has 0 aliphatic rings. The number of nitrogens with one attached hydrogen (secondary N) is 2. The van der Waals surface area contributed by atoms with E-state index in [1.807, 2.05) is 34.7 Å². The summed E-state index contributed by atoms with van der Waals surface area (Å²) >= 11 is 0. The minimum atomic E-state index is -0.277. The van der Waals surface area contributed by atoms with Crippen LogP contribution in [0.3, 0.4) is 0 Å². The average Bonchev–Trinajstić information content (AvgIpc) is 3.01. The minimum Gasteiger partial charge on any atom is -0.394 e. The van der Waals surface area contributed by atoms with E-state index in [4.69, 9.17) is 0 Å². The first-order valence-electron chi connectivity index (χ1n) is 7.32. The highest BCUT2D eigenvalue weighted by atomic mass is 16.3. The molecule has 120 valence electrons.